The average molecular weight is 330 g/mol. The molecule has 0 amide bonds. The van der Waals surface area contributed by atoms with Crippen LogP contribution >= 0.6 is 27.5 Å². The van der Waals surface area contributed by atoms with Crippen molar-refractivity contribution >= 4 is 27.5 Å². The molecule has 96 valence electrons. The smallest absolute Gasteiger partial charge is 0.138 e. The van der Waals surface area contributed by atoms with E-state index in [9.17, 15) is 0 Å². The van der Waals surface area contributed by atoms with E-state index < -0.39 is 0 Å². The Bertz CT molecular complexity index is 541. The molecule has 0 spiro atoms. The molecule has 0 bridgehead atoms. The summed E-state index contributed by atoms with van der Waals surface area (Å²) in [6.07, 6.45) is 2.35. The highest BCUT2D eigenvalue weighted by atomic mass is 79.9. The molecule has 1 aromatic carbocycles. The van der Waals surface area contributed by atoms with Crippen molar-refractivity contribution in [1.82, 2.24) is 20.1 Å². The van der Waals surface area contributed by atoms with Crippen LogP contribution in [-0.2, 0) is 13.5 Å². The SMILES string of the molecule is CNC(Cc1ncnn1C)c1ccc(Cl)c(Br)c1. The Kier molecular flexibility index (Phi) is 4.37. The molecule has 2 rings (SSSR count). The molecule has 18 heavy (non-hydrogen) atoms. The third-order valence-electron chi connectivity index (χ3n) is 2.89. The van der Waals surface area contributed by atoms with Gasteiger partial charge in [-0.1, -0.05) is 17.7 Å². The van der Waals surface area contributed by atoms with Gasteiger partial charge in [0, 0.05) is 24.0 Å². The Morgan fingerprint density at radius 1 is 1.50 bits per heavy atom. The number of aromatic nitrogens is 3. The number of likely N-dealkylation sites (N-methyl/N-ethyl adjacent to an activating group) is 1. The molecule has 0 aliphatic rings. The van der Waals surface area contributed by atoms with Gasteiger partial charge in [-0.3, -0.25) is 4.68 Å². The molecule has 1 atom stereocenters. The predicted octanol–water partition coefficient (Wildman–Crippen LogP) is 2.73. The summed E-state index contributed by atoms with van der Waals surface area (Å²) in [5.74, 6) is 0.945. The van der Waals surface area contributed by atoms with Gasteiger partial charge in [-0.25, -0.2) is 4.98 Å². The Labute approximate surface area is 119 Å². The highest BCUT2D eigenvalue weighted by Crippen LogP contribution is 2.27. The molecule has 0 fully saturated rings. The summed E-state index contributed by atoms with van der Waals surface area (Å²) in [5.41, 5.74) is 1.16. The number of aryl methyl sites for hydroxylation is 1. The fourth-order valence-corrected chi connectivity index (χ4v) is 2.32. The van der Waals surface area contributed by atoms with E-state index in [1.54, 1.807) is 11.0 Å². The van der Waals surface area contributed by atoms with Crippen LogP contribution in [0.15, 0.2) is 29.0 Å². The first kappa shape index (κ1) is 13.5. The lowest BCUT2D eigenvalue weighted by molar-refractivity contribution is 0.553. The number of hydrogen-bond donors (Lipinski definition) is 1. The first-order valence-electron chi connectivity index (χ1n) is 5.57. The van der Waals surface area contributed by atoms with Crippen LogP contribution in [0.2, 0.25) is 5.02 Å². The molecule has 0 saturated carbocycles. The molecule has 0 aliphatic heterocycles. The molecule has 1 unspecified atom stereocenters. The Morgan fingerprint density at radius 3 is 2.83 bits per heavy atom. The number of benzene rings is 1. The van der Waals surface area contributed by atoms with Crippen molar-refractivity contribution in [2.24, 2.45) is 7.05 Å². The zero-order valence-corrected chi connectivity index (χ0v) is 12.5. The first-order chi connectivity index (χ1) is 8.61. The quantitative estimate of drug-likeness (QED) is 0.938. The topological polar surface area (TPSA) is 42.7 Å². The summed E-state index contributed by atoms with van der Waals surface area (Å²) in [6.45, 7) is 0. The normalized spacial score (nSPS) is 12.7. The third kappa shape index (κ3) is 2.91. The number of hydrogen-bond acceptors (Lipinski definition) is 3. The Balaban J connectivity index is 2.23. The van der Waals surface area contributed by atoms with Crippen LogP contribution in [0.25, 0.3) is 0 Å². The summed E-state index contributed by atoms with van der Waals surface area (Å²) < 4.78 is 2.69. The molecule has 1 aromatic heterocycles. The Morgan fingerprint density at radius 2 is 2.28 bits per heavy atom. The minimum absolute atomic E-state index is 0.182. The van der Waals surface area contributed by atoms with Gasteiger partial charge in [0.25, 0.3) is 0 Å². The largest absolute Gasteiger partial charge is 0.313 e. The van der Waals surface area contributed by atoms with Crippen molar-refractivity contribution in [3.8, 4) is 0 Å². The van der Waals surface area contributed by atoms with Gasteiger partial charge in [0.1, 0.15) is 12.2 Å². The van der Waals surface area contributed by atoms with Crippen LogP contribution < -0.4 is 5.32 Å². The maximum atomic E-state index is 6.00. The third-order valence-corrected chi connectivity index (χ3v) is 4.10. The molecule has 0 aliphatic carbocycles. The van der Waals surface area contributed by atoms with E-state index >= 15 is 0 Å². The van der Waals surface area contributed by atoms with E-state index in [4.69, 9.17) is 11.6 Å². The fraction of sp³-hybridized carbons (Fsp3) is 0.333. The predicted molar refractivity (Wildman–Crippen MR) is 75.7 cm³/mol. The number of nitrogens with zero attached hydrogens (tertiary/aromatic N) is 3. The summed E-state index contributed by atoms with van der Waals surface area (Å²) in [4.78, 5) is 4.24. The second-order valence-electron chi connectivity index (χ2n) is 4.02. The molecule has 4 nitrogen and oxygen atoms in total. The summed E-state index contributed by atoms with van der Waals surface area (Å²) in [6, 6.07) is 6.12. The zero-order valence-electron chi connectivity index (χ0n) is 10.2. The van der Waals surface area contributed by atoms with E-state index in [1.807, 2.05) is 32.3 Å². The van der Waals surface area contributed by atoms with Crippen molar-refractivity contribution in [3.05, 3.63) is 45.4 Å². The van der Waals surface area contributed by atoms with Crippen LogP contribution in [-0.4, -0.2) is 21.8 Å². The van der Waals surface area contributed by atoms with Gasteiger partial charge in [0.2, 0.25) is 0 Å². The molecule has 0 radical (unpaired) electrons. The number of nitrogens with one attached hydrogen (secondary N) is 1. The summed E-state index contributed by atoms with van der Waals surface area (Å²) >= 11 is 9.45. The minimum atomic E-state index is 0.182. The van der Waals surface area contributed by atoms with E-state index in [0.29, 0.717) is 5.02 Å². The molecule has 6 heteroatoms. The molecule has 2 aromatic rings. The van der Waals surface area contributed by atoms with Gasteiger partial charge in [-0.05, 0) is 40.7 Å². The van der Waals surface area contributed by atoms with E-state index in [2.05, 4.69) is 31.3 Å². The van der Waals surface area contributed by atoms with Crippen molar-refractivity contribution in [3.63, 3.8) is 0 Å². The van der Waals surface area contributed by atoms with Crippen LogP contribution in [0.3, 0.4) is 0 Å². The fourth-order valence-electron chi connectivity index (χ4n) is 1.80. The molecule has 0 saturated heterocycles. The lowest BCUT2D eigenvalue weighted by atomic mass is 10.0. The monoisotopic (exact) mass is 328 g/mol. The first-order valence-corrected chi connectivity index (χ1v) is 6.74. The highest BCUT2D eigenvalue weighted by molar-refractivity contribution is 9.10. The van der Waals surface area contributed by atoms with Crippen LogP contribution in [0, 0.1) is 0 Å². The van der Waals surface area contributed by atoms with Crippen molar-refractivity contribution in [2.75, 3.05) is 7.05 Å². The number of halogens is 2. The van der Waals surface area contributed by atoms with Crippen LogP contribution in [0.1, 0.15) is 17.4 Å². The van der Waals surface area contributed by atoms with E-state index in [-0.39, 0.29) is 6.04 Å². The van der Waals surface area contributed by atoms with Crippen molar-refractivity contribution < 1.29 is 0 Å². The lowest BCUT2D eigenvalue weighted by Gasteiger charge is -2.16. The standard InChI is InChI=1S/C12H14BrClN4/c1-15-11(6-12-16-7-17-18(12)2)8-3-4-10(14)9(13)5-8/h3-5,7,11,15H,6H2,1-2H3. The van der Waals surface area contributed by atoms with Crippen LogP contribution in [0.5, 0.6) is 0 Å². The van der Waals surface area contributed by atoms with Crippen molar-refractivity contribution in [1.29, 1.82) is 0 Å². The van der Waals surface area contributed by atoms with Gasteiger partial charge in [0.15, 0.2) is 0 Å². The van der Waals surface area contributed by atoms with E-state index in [1.165, 1.54) is 0 Å². The molecular weight excluding hydrogens is 316 g/mol. The second-order valence-corrected chi connectivity index (χ2v) is 5.28. The van der Waals surface area contributed by atoms with Gasteiger partial charge in [0.05, 0.1) is 5.02 Å². The molecule has 1 heterocycles. The Hall–Kier alpha value is -0.910. The molecule has 1 N–H and O–H groups in total. The maximum absolute atomic E-state index is 6.00. The van der Waals surface area contributed by atoms with Gasteiger partial charge >= 0.3 is 0 Å². The lowest BCUT2D eigenvalue weighted by Crippen LogP contribution is -2.20. The highest BCUT2D eigenvalue weighted by Gasteiger charge is 2.14. The summed E-state index contributed by atoms with van der Waals surface area (Å²) in [7, 11) is 3.83. The molecular formula is C12H14BrClN4. The van der Waals surface area contributed by atoms with Crippen LogP contribution in [0.4, 0.5) is 0 Å². The average Bonchev–Trinajstić information content (AvgIpc) is 2.75. The number of rotatable bonds is 4. The van der Waals surface area contributed by atoms with Crippen molar-refractivity contribution in [2.45, 2.75) is 12.5 Å². The maximum Gasteiger partial charge on any atom is 0.138 e. The van der Waals surface area contributed by atoms with E-state index in [0.717, 1.165) is 22.3 Å². The second kappa shape index (κ2) is 5.82. The zero-order chi connectivity index (χ0) is 13.1. The van der Waals surface area contributed by atoms with Gasteiger partial charge in [-0.2, -0.15) is 5.10 Å². The minimum Gasteiger partial charge on any atom is -0.313 e. The summed E-state index contributed by atoms with van der Waals surface area (Å²) in [5, 5.41) is 8.08. The van der Waals surface area contributed by atoms with Gasteiger partial charge in [-0.15, -0.1) is 0 Å². The van der Waals surface area contributed by atoms with Gasteiger partial charge < -0.3 is 5.32 Å².